The van der Waals surface area contributed by atoms with E-state index in [0.29, 0.717) is 11.9 Å². The van der Waals surface area contributed by atoms with Gasteiger partial charge in [-0.05, 0) is 62.4 Å². The topological polar surface area (TPSA) is 41.1 Å². The van der Waals surface area contributed by atoms with Gasteiger partial charge in [-0.25, -0.2) is 0 Å². The minimum absolute atomic E-state index is 0.205. The second-order valence-electron chi connectivity index (χ2n) is 7.63. The van der Waals surface area contributed by atoms with Crippen molar-refractivity contribution in [2.75, 3.05) is 13.1 Å². The lowest BCUT2D eigenvalue weighted by atomic mass is 9.78. The van der Waals surface area contributed by atoms with Crippen molar-refractivity contribution in [3.63, 3.8) is 0 Å². The first-order valence-electron chi connectivity index (χ1n) is 8.07. The molecule has 2 unspecified atom stereocenters. The monoisotopic (exact) mass is 264 g/mol. The molecule has 2 aliphatic carbocycles. The molecular formula is C16H28N2O. The zero-order valence-electron chi connectivity index (χ0n) is 12.4. The summed E-state index contributed by atoms with van der Waals surface area (Å²) >= 11 is 0. The molecule has 1 saturated heterocycles. The van der Waals surface area contributed by atoms with E-state index >= 15 is 0 Å². The lowest BCUT2D eigenvalue weighted by Crippen LogP contribution is -2.45. The molecule has 2 saturated carbocycles. The van der Waals surface area contributed by atoms with Crippen LogP contribution in [0.4, 0.5) is 0 Å². The van der Waals surface area contributed by atoms with Gasteiger partial charge in [-0.15, -0.1) is 0 Å². The third kappa shape index (κ3) is 2.67. The summed E-state index contributed by atoms with van der Waals surface area (Å²) in [4.78, 5) is 12.5. The van der Waals surface area contributed by atoms with Gasteiger partial charge >= 0.3 is 0 Å². The Labute approximate surface area is 116 Å². The predicted octanol–water partition coefficient (Wildman–Crippen LogP) is 2.32. The van der Waals surface area contributed by atoms with Crippen LogP contribution in [-0.2, 0) is 4.79 Å². The van der Waals surface area contributed by atoms with Crippen LogP contribution < -0.4 is 10.6 Å². The molecule has 0 aromatic heterocycles. The maximum Gasteiger partial charge on any atom is 0.223 e. The van der Waals surface area contributed by atoms with Gasteiger partial charge in [0.1, 0.15) is 0 Å². The minimum atomic E-state index is 0.205. The Bertz CT molecular complexity index is 353. The van der Waals surface area contributed by atoms with Crippen molar-refractivity contribution >= 4 is 5.91 Å². The van der Waals surface area contributed by atoms with Crippen LogP contribution in [0.5, 0.6) is 0 Å². The molecule has 4 atom stereocenters. The molecule has 0 radical (unpaired) electrons. The van der Waals surface area contributed by atoms with Crippen molar-refractivity contribution in [1.82, 2.24) is 10.6 Å². The van der Waals surface area contributed by atoms with E-state index < -0.39 is 0 Å². The van der Waals surface area contributed by atoms with E-state index in [0.717, 1.165) is 24.8 Å². The first-order chi connectivity index (χ1) is 9.06. The van der Waals surface area contributed by atoms with Crippen molar-refractivity contribution in [2.24, 2.45) is 23.2 Å². The fourth-order valence-corrected chi connectivity index (χ4v) is 4.55. The Morgan fingerprint density at radius 1 is 1.16 bits per heavy atom. The molecule has 0 spiro atoms. The van der Waals surface area contributed by atoms with Gasteiger partial charge in [-0.2, -0.15) is 0 Å². The Morgan fingerprint density at radius 2 is 1.95 bits per heavy atom. The maximum absolute atomic E-state index is 12.5. The van der Waals surface area contributed by atoms with Crippen LogP contribution in [0.1, 0.15) is 52.4 Å². The number of nitrogens with one attached hydrogen (secondary N) is 2. The molecule has 1 amide bonds. The molecule has 1 aliphatic heterocycles. The van der Waals surface area contributed by atoms with E-state index in [9.17, 15) is 4.79 Å². The fourth-order valence-electron chi connectivity index (χ4n) is 4.55. The first-order valence-corrected chi connectivity index (χ1v) is 8.07. The van der Waals surface area contributed by atoms with Crippen LogP contribution in [0.2, 0.25) is 0 Å². The molecule has 2 N–H and O–H groups in total. The van der Waals surface area contributed by atoms with Crippen molar-refractivity contribution in [2.45, 2.75) is 58.4 Å². The van der Waals surface area contributed by atoms with Crippen LogP contribution in [-0.4, -0.2) is 25.0 Å². The van der Waals surface area contributed by atoms with E-state index in [2.05, 4.69) is 24.5 Å². The third-order valence-electron chi connectivity index (χ3n) is 5.87. The highest BCUT2D eigenvalue weighted by Gasteiger charge is 2.41. The van der Waals surface area contributed by atoms with Crippen molar-refractivity contribution in [3.05, 3.63) is 0 Å². The van der Waals surface area contributed by atoms with Crippen molar-refractivity contribution < 1.29 is 4.79 Å². The summed E-state index contributed by atoms with van der Waals surface area (Å²) in [6.45, 7) is 6.86. The summed E-state index contributed by atoms with van der Waals surface area (Å²) in [6, 6.07) is 0.435. The van der Waals surface area contributed by atoms with Crippen LogP contribution in [0.3, 0.4) is 0 Å². The smallest absolute Gasteiger partial charge is 0.223 e. The van der Waals surface area contributed by atoms with Crippen LogP contribution in [0.15, 0.2) is 0 Å². The van der Waals surface area contributed by atoms with Crippen LogP contribution in [0.25, 0.3) is 0 Å². The van der Waals surface area contributed by atoms with Gasteiger partial charge in [0.2, 0.25) is 5.91 Å². The first kappa shape index (κ1) is 13.4. The quantitative estimate of drug-likeness (QED) is 0.803. The predicted molar refractivity (Wildman–Crippen MR) is 76.8 cm³/mol. The highest BCUT2D eigenvalue weighted by molar-refractivity contribution is 5.80. The number of hydrogen-bond donors (Lipinski definition) is 2. The van der Waals surface area contributed by atoms with Crippen molar-refractivity contribution in [3.8, 4) is 0 Å². The van der Waals surface area contributed by atoms with E-state index in [4.69, 9.17) is 0 Å². The van der Waals surface area contributed by atoms with Gasteiger partial charge in [-0.1, -0.05) is 20.3 Å². The molecule has 19 heavy (non-hydrogen) atoms. The highest BCUT2D eigenvalue weighted by atomic mass is 16.2. The normalized spacial score (nSPS) is 40.9. The maximum atomic E-state index is 12.5. The molecule has 0 bridgehead atoms. The average Bonchev–Trinajstić information content (AvgIpc) is 2.94. The summed E-state index contributed by atoms with van der Waals surface area (Å²) in [5.41, 5.74) is 0.205. The molecule has 1 heterocycles. The zero-order chi connectivity index (χ0) is 13.5. The lowest BCUT2D eigenvalue weighted by molar-refractivity contribution is -0.128. The molecule has 3 rings (SSSR count). The summed E-state index contributed by atoms with van der Waals surface area (Å²) in [5, 5.41) is 6.86. The molecule has 3 aliphatic rings. The molecule has 108 valence electrons. The Balaban J connectivity index is 1.55. The average molecular weight is 264 g/mol. The Hall–Kier alpha value is -0.570. The standard InChI is InChI=1S/C16H28N2O/c1-16(2)7-3-4-14(16)15(19)18-13-6-5-11-9-17-10-12(11)8-13/h11-14,17H,3-10H2,1-2H3,(H,18,19)/t11-,12+,13?,14?/m0/s1. The molecule has 3 fully saturated rings. The number of fused-ring (bicyclic) bond motifs is 1. The Kier molecular flexibility index (Phi) is 3.59. The van der Waals surface area contributed by atoms with E-state index in [1.807, 2.05) is 0 Å². The number of amides is 1. The SMILES string of the molecule is CC1(C)CCCC1C(=O)NC1CC[C@H]2CNC[C@H]2C1. The van der Waals surface area contributed by atoms with Crippen molar-refractivity contribution in [1.29, 1.82) is 0 Å². The van der Waals surface area contributed by atoms with Crippen LogP contribution in [0, 0.1) is 23.2 Å². The minimum Gasteiger partial charge on any atom is -0.353 e. The number of hydrogen-bond acceptors (Lipinski definition) is 2. The number of carbonyl (C=O) groups is 1. The fraction of sp³-hybridized carbons (Fsp3) is 0.938. The molecule has 0 aromatic rings. The molecule has 0 aromatic carbocycles. The van der Waals surface area contributed by atoms with Gasteiger partial charge in [0.25, 0.3) is 0 Å². The summed E-state index contributed by atoms with van der Waals surface area (Å²) in [7, 11) is 0. The highest BCUT2D eigenvalue weighted by Crippen LogP contribution is 2.43. The molecular weight excluding hydrogens is 236 g/mol. The third-order valence-corrected chi connectivity index (χ3v) is 5.87. The van der Waals surface area contributed by atoms with Gasteiger partial charge in [0, 0.05) is 12.0 Å². The van der Waals surface area contributed by atoms with E-state index in [-0.39, 0.29) is 11.3 Å². The second kappa shape index (κ2) is 5.08. The summed E-state index contributed by atoms with van der Waals surface area (Å²) < 4.78 is 0. The van der Waals surface area contributed by atoms with Gasteiger partial charge in [0.05, 0.1) is 0 Å². The zero-order valence-corrected chi connectivity index (χ0v) is 12.4. The number of carbonyl (C=O) groups excluding carboxylic acids is 1. The van der Waals surface area contributed by atoms with Gasteiger partial charge in [-0.3, -0.25) is 4.79 Å². The molecule has 3 nitrogen and oxygen atoms in total. The van der Waals surface area contributed by atoms with Gasteiger partial charge in [0.15, 0.2) is 0 Å². The Morgan fingerprint density at radius 3 is 2.68 bits per heavy atom. The molecule has 3 heteroatoms. The van der Waals surface area contributed by atoms with Gasteiger partial charge < -0.3 is 10.6 Å². The number of rotatable bonds is 2. The second-order valence-corrected chi connectivity index (χ2v) is 7.63. The van der Waals surface area contributed by atoms with E-state index in [1.165, 1.54) is 38.6 Å². The summed E-state index contributed by atoms with van der Waals surface area (Å²) in [5.74, 6) is 2.25. The largest absolute Gasteiger partial charge is 0.353 e. The lowest BCUT2D eigenvalue weighted by Gasteiger charge is -2.34. The summed E-state index contributed by atoms with van der Waals surface area (Å²) in [6.07, 6.45) is 7.16. The van der Waals surface area contributed by atoms with Crippen LogP contribution >= 0.6 is 0 Å². The van der Waals surface area contributed by atoms with E-state index in [1.54, 1.807) is 0 Å².